The van der Waals surface area contributed by atoms with Crippen molar-refractivity contribution in [2.45, 2.75) is 19.4 Å². The lowest BCUT2D eigenvalue weighted by Crippen LogP contribution is -2.27. The van der Waals surface area contributed by atoms with E-state index >= 15 is 0 Å². The van der Waals surface area contributed by atoms with Crippen molar-refractivity contribution in [2.75, 3.05) is 6.61 Å². The highest BCUT2D eigenvalue weighted by molar-refractivity contribution is 5.34. The zero-order valence-corrected chi connectivity index (χ0v) is 10.9. The molecule has 0 spiro atoms. The molecule has 5 heteroatoms. The maximum atomic E-state index is 9.61. The van der Waals surface area contributed by atoms with Crippen molar-refractivity contribution in [3.8, 4) is 17.5 Å². The van der Waals surface area contributed by atoms with Crippen LogP contribution in [-0.4, -0.2) is 27.3 Å². The highest BCUT2D eigenvalue weighted by Gasteiger charge is 2.13. The Morgan fingerprint density at radius 2 is 1.79 bits per heavy atom. The second kappa shape index (κ2) is 5.67. The van der Waals surface area contributed by atoms with Gasteiger partial charge in [-0.2, -0.15) is 0 Å². The summed E-state index contributed by atoms with van der Waals surface area (Å²) < 4.78 is 11.0. The molecule has 0 radical (unpaired) electrons. The molecule has 1 N–H and O–H groups in total. The first-order chi connectivity index (χ1) is 9.03. The fraction of sp³-hybridized carbons (Fsp3) is 0.286. The molecule has 1 aromatic heterocycles. The van der Waals surface area contributed by atoms with Gasteiger partial charge in [0.2, 0.25) is 0 Å². The van der Waals surface area contributed by atoms with Gasteiger partial charge in [-0.3, -0.25) is 0 Å². The van der Waals surface area contributed by atoms with E-state index in [0.717, 1.165) is 0 Å². The average molecular weight is 260 g/mol. The van der Waals surface area contributed by atoms with Crippen molar-refractivity contribution in [3.63, 3.8) is 0 Å². The zero-order chi connectivity index (χ0) is 13.7. The van der Waals surface area contributed by atoms with Crippen LogP contribution in [0.5, 0.6) is 17.5 Å². The van der Waals surface area contributed by atoms with E-state index in [1.54, 1.807) is 56.6 Å². The number of ether oxygens (including phenoxy) is 2. The Morgan fingerprint density at radius 3 is 2.47 bits per heavy atom. The van der Waals surface area contributed by atoms with Crippen LogP contribution in [-0.2, 0) is 0 Å². The molecule has 0 fully saturated rings. The third kappa shape index (κ3) is 4.56. The number of rotatable bonds is 5. The smallest absolute Gasteiger partial charge is 0.321 e. The minimum Gasteiger partial charge on any atom is -0.490 e. The van der Waals surface area contributed by atoms with Crippen molar-refractivity contribution in [1.82, 2.24) is 9.97 Å². The lowest BCUT2D eigenvalue weighted by Gasteiger charge is -2.17. The Kier molecular flexibility index (Phi) is 3.97. The maximum absolute atomic E-state index is 9.61. The summed E-state index contributed by atoms with van der Waals surface area (Å²) >= 11 is 0. The van der Waals surface area contributed by atoms with Gasteiger partial charge in [0.05, 0.1) is 5.60 Å². The summed E-state index contributed by atoms with van der Waals surface area (Å²) in [6, 6.07) is 9.11. The van der Waals surface area contributed by atoms with Gasteiger partial charge in [0, 0.05) is 18.5 Å². The highest BCUT2D eigenvalue weighted by atomic mass is 16.5. The van der Waals surface area contributed by atoms with Gasteiger partial charge >= 0.3 is 6.01 Å². The topological polar surface area (TPSA) is 64.5 Å². The fourth-order valence-corrected chi connectivity index (χ4v) is 1.33. The van der Waals surface area contributed by atoms with E-state index < -0.39 is 5.60 Å². The Labute approximate surface area is 111 Å². The van der Waals surface area contributed by atoms with E-state index in [-0.39, 0.29) is 12.6 Å². The number of benzene rings is 1. The molecule has 5 nitrogen and oxygen atoms in total. The molecule has 1 heterocycles. The number of nitrogens with zero attached hydrogens (tertiary/aromatic N) is 2. The molecule has 0 unspecified atom stereocenters. The van der Waals surface area contributed by atoms with Crippen LogP contribution in [0.4, 0.5) is 0 Å². The lowest BCUT2D eigenvalue weighted by molar-refractivity contribution is 0.0284. The van der Waals surface area contributed by atoms with Crippen molar-refractivity contribution in [2.24, 2.45) is 0 Å². The minimum absolute atomic E-state index is 0.207. The number of aliphatic hydroxyl groups is 1. The quantitative estimate of drug-likeness (QED) is 0.894. The van der Waals surface area contributed by atoms with E-state index in [4.69, 9.17) is 9.47 Å². The molecule has 0 aliphatic carbocycles. The first kappa shape index (κ1) is 13.3. The Morgan fingerprint density at radius 1 is 1.11 bits per heavy atom. The number of aromatic nitrogens is 2. The van der Waals surface area contributed by atoms with Crippen molar-refractivity contribution in [3.05, 3.63) is 42.7 Å². The van der Waals surface area contributed by atoms with E-state index in [9.17, 15) is 5.11 Å². The van der Waals surface area contributed by atoms with Crippen molar-refractivity contribution < 1.29 is 14.6 Å². The standard InChI is InChI=1S/C14H16N2O3/c1-14(2,17)10-18-11-5-3-6-12(9-11)19-13-15-7-4-8-16-13/h3-9,17H,10H2,1-2H3. The van der Waals surface area contributed by atoms with Crippen LogP contribution in [0.25, 0.3) is 0 Å². The van der Waals surface area contributed by atoms with E-state index in [1.165, 1.54) is 0 Å². The Hall–Kier alpha value is -2.14. The summed E-state index contributed by atoms with van der Waals surface area (Å²) in [5.74, 6) is 1.20. The molecule has 0 aliphatic rings. The molecule has 19 heavy (non-hydrogen) atoms. The molecular weight excluding hydrogens is 244 g/mol. The minimum atomic E-state index is -0.876. The Balaban J connectivity index is 2.03. The van der Waals surface area contributed by atoms with E-state index in [2.05, 4.69) is 9.97 Å². The van der Waals surface area contributed by atoms with Crippen molar-refractivity contribution >= 4 is 0 Å². The molecule has 0 saturated heterocycles. The van der Waals surface area contributed by atoms with Crippen LogP contribution in [0.3, 0.4) is 0 Å². The molecule has 2 aromatic rings. The predicted octanol–water partition coefficient (Wildman–Crippen LogP) is 2.42. The molecule has 2 rings (SSSR count). The van der Waals surface area contributed by atoms with Crippen molar-refractivity contribution in [1.29, 1.82) is 0 Å². The fourth-order valence-electron chi connectivity index (χ4n) is 1.33. The third-order valence-electron chi connectivity index (χ3n) is 2.15. The molecule has 0 amide bonds. The van der Waals surface area contributed by atoms with Gasteiger partial charge in [-0.1, -0.05) is 6.07 Å². The van der Waals surface area contributed by atoms with E-state index in [1.807, 2.05) is 0 Å². The van der Waals surface area contributed by atoms with Crippen LogP contribution in [0.1, 0.15) is 13.8 Å². The van der Waals surface area contributed by atoms with E-state index in [0.29, 0.717) is 11.5 Å². The molecule has 100 valence electrons. The average Bonchev–Trinajstić information content (AvgIpc) is 2.37. The van der Waals surface area contributed by atoms with Crippen LogP contribution in [0, 0.1) is 0 Å². The molecule has 0 bridgehead atoms. The summed E-state index contributed by atoms with van der Waals surface area (Å²) in [6.07, 6.45) is 3.22. The SMILES string of the molecule is CC(C)(O)COc1cccc(Oc2ncccn2)c1. The predicted molar refractivity (Wildman–Crippen MR) is 70.3 cm³/mol. The molecule has 0 saturated carbocycles. The molecular formula is C14H16N2O3. The normalized spacial score (nSPS) is 11.1. The second-order valence-electron chi connectivity index (χ2n) is 4.71. The van der Waals surface area contributed by atoms with Gasteiger partial charge in [0.25, 0.3) is 0 Å². The number of hydrogen-bond acceptors (Lipinski definition) is 5. The largest absolute Gasteiger partial charge is 0.490 e. The summed E-state index contributed by atoms with van der Waals surface area (Å²) in [4.78, 5) is 7.95. The van der Waals surface area contributed by atoms with Gasteiger partial charge in [-0.25, -0.2) is 9.97 Å². The highest BCUT2D eigenvalue weighted by Crippen LogP contribution is 2.23. The maximum Gasteiger partial charge on any atom is 0.321 e. The van der Waals surface area contributed by atoms with Crippen LogP contribution >= 0.6 is 0 Å². The monoisotopic (exact) mass is 260 g/mol. The summed E-state index contributed by atoms with van der Waals surface area (Å²) in [7, 11) is 0. The molecule has 0 aliphatic heterocycles. The Bertz CT molecular complexity index is 524. The van der Waals surface area contributed by atoms with Gasteiger partial charge in [0.1, 0.15) is 18.1 Å². The second-order valence-corrected chi connectivity index (χ2v) is 4.71. The lowest BCUT2D eigenvalue weighted by atomic mass is 10.2. The first-order valence-corrected chi connectivity index (χ1v) is 5.93. The van der Waals surface area contributed by atoms with Gasteiger partial charge in [-0.15, -0.1) is 0 Å². The third-order valence-corrected chi connectivity index (χ3v) is 2.15. The number of hydrogen-bond donors (Lipinski definition) is 1. The van der Waals surface area contributed by atoms with Gasteiger partial charge < -0.3 is 14.6 Å². The summed E-state index contributed by atoms with van der Waals surface area (Å²) in [6.45, 7) is 3.58. The van der Waals surface area contributed by atoms with Gasteiger partial charge in [-0.05, 0) is 32.0 Å². The van der Waals surface area contributed by atoms with Crippen LogP contribution in [0.2, 0.25) is 0 Å². The van der Waals surface area contributed by atoms with Crippen LogP contribution in [0.15, 0.2) is 42.7 Å². The molecule has 1 aromatic carbocycles. The summed E-state index contributed by atoms with van der Waals surface area (Å²) in [5.41, 5.74) is -0.876. The summed E-state index contributed by atoms with van der Waals surface area (Å²) in [5, 5.41) is 9.61. The van der Waals surface area contributed by atoms with Crippen LogP contribution < -0.4 is 9.47 Å². The zero-order valence-electron chi connectivity index (χ0n) is 10.9. The molecule has 0 atom stereocenters. The van der Waals surface area contributed by atoms with Gasteiger partial charge in [0.15, 0.2) is 0 Å². The first-order valence-electron chi connectivity index (χ1n) is 5.93.